The maximum Gasteiger partial charge on any atom is 0.136 e. The normalized spacial score (nSPS) is 10.6. The smallest absolute Gasteiger partial charge is 0.136 e. The van der Waals surface area contributed by atoms with Gasteiger partial charge in [0.05, 0.1) is 11.6 Å². The molecule has 0 fully saturated rings. The summed E-state index contributed by atoms with van der Waals surface area (Å²) in [7, 11) is 0. The molecule has 20 heavy (non-hydrogen) atoms. The van der Waals surface area contributed by atoms with Crippen molar-refractivity contribution in [2.24, 2.45) is 0 Å². The highest BCUT2D eigenvalue weighted by Crippen LogP contribution is 2.30. The molecule has 2 nitrogen and oxygen atoms in total. The molecule has 0 unspecified atom stereocenters. The van der Waals surface area contributed by atoms with Gasteiger partial charge in [-0.15, -0.1) is 0 Å². The summed E-state index contributed by atoms with van der Waals surface area (Å²) < 4.78 is 5.87. The number of nitriles is 1. The largest absolute Gasteiger partial charge is 0.456 e. The maximum absolute atomic E-state index is 9.17. The van der Waals surface area contributed by atoms with Crippen LogP contribution in [0.15, 0.2) is 52.9 Å². The topological polar surface area (TPSA) is 36.9 Å². The minimum atomic E-state index is 0.632. The van der Waals surface area contributed by atoms with E-state index in [0.29, 0.717) is 5.56 Å². The molecule has 0 amide bonds. The molecular formula is C17H12BrNO. The van der Waals surface area contributed by atoms with Gasteiger partial charge in [0, 0.05) is 16.3 Å². The number of fused-ring (bicyclic) bond motifs is 1. The molecule has 0 radical (unpaired) electrons. The number of hydrogen-bond donors (Lipinski definition) is 0. The molecular weight excluding hydrogens is 314 g/mol. The standard InChI is InChI=1S/C17H12BrNO/c18-8-7-12-5-6-16-14(9-12)10-17(20-16)15-4-2-1-3-13(15)11-19/h1-6,9-10H,7-8H2. The molecule has 0 aliphatic heterocycles. The van der Waals surface area contributed by atoms with E-state index in [-0.39, 0.29) is 0 Å². The number of halogens is 1. The average molecular weight is 326 g/mol. The molecule has 3 rings (SSSR count). The average Bonchev–Trinajstić information content (AvgIpc) is 2.90. The highest BCUT2D eigenvalue weighted by atomic mass is 79.9. The third kappa shape index (κ3) is 2.35. The summed E-state index contributed by atoms with van der Waals surface area (Å²) >= 11 is 3.45. The number of furan rings is 1. The Labute approximate surface area is 125 Å². The first-order chi connectivity index (χ1) is 9.81. The van der Waals surface area contributed by atoms with Crippen LogP contribution in [-0.2, 0) is 6.42 Å². The van der Waals surface area contributed by atoms with Gasteiger partial charge in [0.25, 0.3) is 0 Å². The van der Waals surface area contributed by atoms with Gasteiger partial charge in [-0.05, 0) is 42.3 Å². The van der Waals surface area contributed by atoms with E-state index in [0.717, 1.165) is 34.0 Å². The second-order valence-electron chi connectivity index (χ2n) is 4.58. The van der Waals surface area contributed by atoms with Gasteiger partial charge in [-0.25, -0.2) is 0 Å². The second-order valence-corrected chi connectivity index (χ2v) is 5.37. The monoisotopic (exact) mass is 325 g/mol. The number of hydrogen-bond acceptors (Lipinski definition) is 2. The van der Waals surface area contributed by atoms with Crippen LogP contribution >= 0.6 is 15.9 Å². The van der Waals surface area contributed by atoms with Gasteiger partial charge in [-0.1, -0.05) is 34.1 Å². The SMILES string of the molecule is N#Cc1ccccc1-c1cc2cc(CCBr)ccc2o1. The number of rotatable bonds is 3. The predicted molar refractivity (Wildman–Crippen MR) is 83.9 cm³/mol. The molecule has 0 bridgehead atoms. The number of benzene rings is 2. The Bertz CT molecular complexity index is 798. The fraction of sp³-hybridized carbons (Fsp3) is 0.118. The van der Waals surface area contributed by atoms with Crippen LogP contribution in [0.1, 0.15) is 11.1 Å². The minimum absolute atomic E-state index is 0.632. The van der Waals surface area contributed by atoms with Gasteiger partial charge in [-0.2, -0.15) is 5.26 Å². The van der Waals surface area contributed by atoms with E-state index in [9.17, 15) is 5.26 Å². The highest BCUT2D eigenvalue weighted by molar-refractivity contribution is 9.09. The minimum Gasteiger partial charge on any atom is -0.456 e. The first-order valence-corrected chi connectivity index (χ1v) is 7.52. The molecule has 2 aromatic carbocycles. The van der Waals surface area contributed by atoms with E-state index >= 15 is 0 Å². The lowest BCUT2D eigenvalue weighted by atomic mass is 10.1. The molecule has 1 aromatic heterocycles. The Hall–Kier alpha value is -2.05. The van der Waals surface area contributed by atoms with Crippen LogP contribution in [0.4, 0.5) is 0 Å². The molecule has 3 heteroatoms. The maximum atomic E-state index is 9.17. The summed E-state index contributed by atoms with van der Waals surface area (Å²) in [5, 5.41) is 11.2. The van der Waals surface area contributed by atoms with Crippen LogP contribution in [-0.4, -0.2) is 5.33 Å². The molecule has 0 saturated carbocycles. The van der Waals surface area contributed by atoms with Crippen molar-refractivity contribution in [3.63, 3.8) is 0 Å². The molecule has 0 aliphatic carbocycles. The van der Waals surface area contributed by atoms with Crippen LogP contribution < -0.4 is 0 Å². The van der Waals surface area contributed by atoms with E-state index < -0.39 is 0 Å². The Morgan fingerprint density at radius 1 is 1.10 bits per heavy atom. The van der Waals surface area contributed by atoms with E-state index in [1.807, 2.05) is 30.3 Å². The molecule has 1 heterocycles. The van der Waals surface area contributed by atoms with Crippen molar-refractivity contribution in [1.29, 1.82) is 5.26 Å². The van der Waals surface area contributed by atoms with Gasteiger partial charge in [0.1, 0.15) is 11.3 Å². The van der Waals surface area contributed by atoms with Crippen molar-refractivity contribution < 1.29 is 4.42 Å². The summed E-state index contributed by atoms with van der Waals surface area (Å²) in [4.78, 5) is 0. The molecule has 98 valence electrons. The summed E-state index contributed by atoms with van der Waals surface area (Å²) in [6.45, 7) is 0. The molecule has 0 N–H and O–H groups in total. The van der Waals surface area contributed by atoms with Gasteiger partial charge >= 0.3 is 0 Å². The van der Waals surface area contributed by atoms with Gasteiger partial charge in [-0.3, -0.25) is 0 Å². The fourth-order valence-electron chi connectivity index (χ4n) is 2.29. The van der Waals surface area contributed by atoms with Crippen molar-refractivity contribution in [3.8, 4) is 17.4 Å². The lowest BCUT2D eigenvalue weighted by Gasteiger charge is -1.98. The first-order valence-electron chi connectivity index (χ1n) is 6.40. The lowest BCUT2D eigenvalue weighted by Crippen LogP contribution is -1.83. The Balaban J connectivity index is 2.11. The zero-order valence-electron chi connectivity index (χ0n) is 10.8. The summed E-state index contributed by atoms with van der Waals surface area (Å²) in [5.41, 5.74) is 3.60. The highest BCUT2D eigenvalue weighted by Gasteiger charge is 2.10. The Morgan fingerprint density at radius 2 is 1.95 bits per heavy atom. The predicted octanol–water partition coefficient (Wildman–Crippen LogP) is 4.91. The molecule has 0 spiro atoms. The van der Waals surface area contributed by atoms with E-state index in [1.165, 1.54) is 5.56 Å². The van der Waals surface area contributed by atoms with Crippen LogP contribution in [0.3, 0.4) is 0 Å². The number of aryl methyl sites for hydroxylation is 1. The van der Waals surface area contributed by atoms with Gasteiger partial charge < -0.3 is 4.42 Å². The zero-order chi connectivity index (χ0) is 13.9. The third-order valence-electron chi connectivity index (χ3n) is 3.28. The van der Waals surface area contributed by atoms with Crippen molar-refractivity contribution in [3.05, 3.63) is 59.7 Å². The number of alkyl halides is 1. The second kappa shape index (κ2) is 5.52. The molecule has 0 atom stereocenters. The summed E-state index contributed by atoms with van der Waals surface area (Å²) in [6, 6.07) is 17.9. The molecule has 0 aliphatic rings. The Morgan fingerprint density at radius 3 is 2.75 bits per heavy atom. The first kappa shape index (κ1) is 13.0. The van der Waals surface area contributed by atoms with Crippen LogP contribution in [0.2, 0.25) is 0 Å². The molecule has 3 aromatic rings. The van der Waals surface area contributed by atoms with Gasteiger partial charge in [0.15, 0.2) is 0 Å². The van der Waals surface area contributed by atoms with Gasteiger partial charge in [0.2, 0.25) is 0 Å². The van der Waals surface area contributed by atoms with Crippen molar-refractivity contribution in [2.45, 2.75) is 6.42 Å². The Kier molecular flexibility index (Phi) is 3.58. The summed E-state index contributed by atoms with van der Waals surface area (Å²) in [5.74, 6) is 0.744. The quantitative estimate of drug-likeness (QED) is 0.641. The van der Waals surface area contributed by atoms with Crippen molar-refractivity contribution in [1.82, 2.24) is 0 Å². The summed E-state index contributed by atoms with van der Waals surface area (Å²) in [6.07, 6.45) is 0.991. The van der Waals surface area contributed by atoms with E-state index in [2.05, 4.69) is 34.1 Å². The fourth-order valence-corrected chi connectivity index (χ4v) is 2.74. The third-order valence-corrected chi connectivity index (χ3v) is 3.67. The van der Waals surface area contributed by atoms with E-state index in [4.69, 9.17) is 4.42 Å². The van der Waals surface area contributed by atoms with Crippen LogP contribution in [0, 0.1) is 11.3 Å². The lowest BCUT2D eigenvalue weighted by molar-refractivity contribution is 0.631. The van der Waals surface area contributed by atoms with E-state index in [1.54, 1.807) is 6.07 Å². The molecule has 0 saturated heterocycles. The number of nitrogens with zero attached hydrogens (tertiary/aromatic N) is 1. The van der Waals surface area contributed by atoms with Crippen LogP contribution in [0.25, 0.3) is 22.3 Å². The zero-order valence-corrected chi connectivity index (χ0v) is 12.4. The van der Waals surface area contributed by atoms with Crippen LogP contribution in [0.5, 0.6) is 0 Å². The van der Waals surface area contributed by atoms with Crippen molar-refractivity contribution in [2.75, 3.05) is 5.33 Å². The van der Waals surface area contributed by atoms with Crippen molar-refractivity contribution >= 4 is 26.9 Å².